The second kappa shape index (κ2) is 3.56. The number of benzene rings is 1. The van der Waals surface area contributed by atoms with Gasteiger partial charge in [0.1, 0.15) is 0 Å². The lowest BCUT2D eigenvalue weighted by Crippen LogP contribution is -2.29. The lowest BCUT2D eigenvalue weighted by molar-refractivity contribution is 0.0168. The summed E-state index contributed by atoms with van der Waals surface area (Å²) >= 11 is 0. The zero-order valence-corrected chi connectivity index (χ0v) is 7.79. The van der Waals surface area contributed by atoms with Crippen LogP contribution in [0.2, 0.25) is 0 Å². The zero-order chi connectivity index (χ0) is 10.1. The van der Waals surface area contributed by atoms with Crippen LogP contribution in [0.5, 0.6) is 0 Å². The van der Waals surface area contributed by atoms with Gasteiger partial charge in [-0.3, -0.25) is 0 Å². The van der Waals surface area contributed by atoms with E-state index in [1.54, 1.807) is 12.1 Å². The molecule has 76 valence electrons. The fraction of sp³-hybridized carbons (Fsp3) is 0.455. The molecule has 1 aromatic carbocycles. The molecule has 0 radical (unpaired) electrons. The number of anilines is 1. The van der Waals surface area contributed by atoms with Gasteiger partial charge >= 0.3 is 0 Å². The van der Waals surface area contributed by atoms with Gasteiger partial charge in [0.25, 0.3) is 0 Å². The number of nitrogens with two attached hydrogens (primary N) is 1. The van der Waals surface area contributed by atoms with E-state index in [0.29, 0.717) is 12.1 Å². The molecule has 0 spiro atoms. The van der Waals surface area contributed by atoms with Crippen LogP contribution >= 0.6 is 0 Å². The Morgan fingerprint density at radius 1 is 1.29 bits per heavy atom. The lowest BCUT2D eigenvalue weighted by Gasteiger charge is -2.36. The summed E-state index contributed by atoms with van der Waals surface area (Å²) < 4.78 is 25.0. The van der Waals surface area contributed by atoms with Crippen molar-refractivity contribution in [2.45, 2.75) is 25.2 Å². The van der Waals surface area contributed by atoms with Gasteiger partial charge in [0.15, 0.2) is 0 Å². The molecule has 0 aromatic heterocycles. The molecule has 3 heteroatoms. The molecule has 1 fully saturated rings. The first-order chi connectivity index (χ1) is 6.68. The predicted molar refractivity (Wildman–Crippen MR) is 52.3 cm³/mol. The Bertz CT molecular complexity index is 325. The second-order valence-corrected chi connectivity index (χ2v) is 3.85. The number of hydrogen-bond donors (Lipinski definition) is 1. The molecule has 2 rings (SSSR count). The largest absolute Gasteiger partial charge is 0.399 e. The first-order valence-electron chi connectivity index (χ1n) is 4.82. The molecular formula is C11H13F2N. The summed E-state index contributed by atoms with van der Waals surface area (Å²) in [7, 11) is 0. The highest BCUT2D eigenvalue weighted by Gasteiger charge is 2.38. The SMILES string of the molecule is Nc1cccc(C2CCC2C(F)F)c1. The number of alkyl halides is 2. The average molecular weight is 197 g/mol. The monoisotopic (exact) mass is 197 g/mol. The second-order valence-electron chi connectivity index (χ2n) is 3.85. The fourth-order valence-electron chi connectivity index (χ4n) is 2.03. The Hall–Kier alpha value is -1.12. The van der Waals surface area contributed by atoms with Crippen LogP contribution < -0.4 is 5.73 Å². The van der Waals surface area contributed by atoms with Crippen LogP contribution in [0.4, 0.5) is 14.5 Å². The minimum absolute atomic E-state index is 0.0125. The molecule has 1 nitrogen and oxygen atoms in total. The van der Waals surface area contributed by atoms with Gasteiger partial charge in [0.2, 0.25) is 6.43 Å². The van der Waals surface area contributed by atoms with Gasteiger partial charge in [0.05, 0.1) is 0 Å². The third kappa shape index (κ3) is 1.59. The van der Waals surface area contributed by atoms with E-state index >= 15 is 0 Å². The first-order valence-corrected chi connectivity index (χ1v) is 4.82. The quantitative estimate of drug-likeness (QED) is 0.724. The molecule has 1 saturated carbocycles. The molecule has 0 aliphatic heterocycles. The van der Waals surface area contributed by atoms with Crippen molar-refractivity contribution in [3.63, 3.8) is 0 Å². The van der Waals surface area contributed by atoms with Crippen molar-refractivity contribution in [1.82, 2.24) is 0 Å². The Morgan fingerprint density at radius 2 is 2.07 bits per heavy atom. The van der Waals surface area contributed by atoms with Gasteiger partial charge in [-0.05, 0) is 36.5 Å². The Balaban J connectivity index is 2.16. The molecule has 0 bridgehead atoms. The Morgan fingerprint density at radius 3 is 2.57 bits per heavy atom. The highest BCUT2D eigenvalue weighted by atomic mass is 19.3. The van der Waals surface area contributed by atoms with Crippen molar-refractivity contribution in [2.75, 3.05) is 5.73 Å². The summed E-state index contributed by atoms with van der Waals surface area (Å²) in [4.78, 5) is 0. The van der Waals surface area contributed by atoms with Crippen LogP contribution in [0.1, 0.15) is 24.3 Å². The number of nitrogen functional groups attached to an aromatic ring is 1. The van der Waals surface area contributed by atoms with Gasteiger partial charge in [0, 0.05) is 11.6 Å². The average Bonchev–Trinajstić information content (AvgIpc) is 2.00. The summed E-state index contributed by atoms with van der Waals surface area (Å²) in [5.41, 5.74) is 7.22. The molecule has 0 amide bonds. The van der Waals surface area contributed by atoms with Crippen LogP contribution in [0, 0.1) is 5.92 Å². The third-order valence-electron chi connectivity index (χ3n) is 2.99. The van der Waals surface area contributed by atoms with Crippen molar-refractivity contribution in [3.05, 3.63) is 29.8 Å². The predicted octanol–water partition coefficient (Wildman–Crippen LogP) is 3.03. The molecular weight excluding hydrogens is 184 g/mol. The van der Waals surface area contributed by atoms with E-state index in [9.17, 15) is 8.78 Å². The van der Waals surface area contributed by atoms with Crippen molar-refractivity contribution >= 4 is 5.69 Å². The fourth-order valence-corrected chi connectivity index (χ4v) is 2.03. The first kappa shape index (κ1) is 9.44. The van der Waals surface area contributed by atoms with Crippen molar-refractivity contribution in [2.24, 2.45) is 5.92 Å². The number of rotatable bonds is 2. The van der Waals surface area contributed by atoms with Crippen LogP contribution in [0.3, 0.4) is 0 Å². The minimum atomic E-state index is -2.20. The number of halogens is 2. The summed E-state index contributed by atoms with van der Waals surface area (Å²) in [6.07, 6.45) is -0.703. The molecule has 1 aliphatic rings. The zero-order valence-electron chi connectivity index (χ0n) is 7.79. The van der Waals surface area contributed by atoms with E-state index in [2.05, 4.69) is 0 Å². The summed E-state index contributed by atoms with van der Waals surface area (Å²) in [6.45, 7) is 0. The molecule has 1 aliphatic carbocycles. The maximum absolute atomic E-state index is 12.5. The molecule has 0 heterocycles. The normalized spacial score (nSPS) is 26.2. The van der Waals surface area contributed by atoms with E-state index < -0.39 is 12.3 Å². The summed E-state index contributed by atoms with van der Waals surface area (Å²) in [5.74, 6) is -0.449. The lowest BCUT2D eigenvalue weighted by atomic mass is 9.70. The Kier molecular flexibility index (Phi) is 2.40. The molecule has 2 atom stereocenters. The van der Waals surface area contributed by atoms with Crippen molar-refractivity contribution in [1.29, 1.82) is 0 Å². The van der Waals surface area contributed by atoms with Gasteiger partial charge in [-0.2, -0.15) is 0 Å². The van der Waals surface area contributed by atoms with Gasteiger partial charge in [-0.15, -0.1) is 0 Å². The summed E-state index contributed by atoms with van der Waals surface area (Å²) in [5, 5.41) is 0. The van der Waals surface area contributed by atoms with Gasteiger partial charge in [-0.25, -0.2) is 8.78 Å². The maximum atomic E-state index is 12.5. The topological polar surface area (TPSA) is 26.0 Å². The molecule has 2 N–H and O–H groups in total. The maximum Gasteiger partial charge on any atom is 0.242 e. The number of hydrogen-bond acceptors (Lipinski definition) is 1. The van der Waals surface area contributed by atoms with E-state index in [4.69, 9.17) is 5.73 Å². The highest BCUT2D eigenvalue weighted by molar-refractivity contribution is 5.42. The van der Waals surface area contributed by atoms with E-state index in [-0.39, 0.29) is 5.92 Å². The van der Waals surface area contributed by atoms with E-state index in [0.717, 1.165) is 12.0 Å². The van der Waals surface area contributed by atoms with E-state index in [1.165, 1.54) is 0 Å². The van der Waals surface area contributed by atoms with Gasteiger partial charge in [-0.1, -0.05) is 12.1 Å². The Labute approximate surface area is 81.9 Å². The van der Waals surface area contributed by atoms with Crippen LogP contribution in [0.15, 0.2) is 24.3 Å². The van der Waals surface area contributed by atoms with Crippen LogP contribution in [0.25, 0.3) is 0 Å². The highest BCUT2D eigenvalue weighted by Crippen LogP contribution is 2.45. The van der Waals surface area contributed by atoms with E-state index in [1.807, 2.05) is 12.1 Å². The third-order valence-corrected chi connectivity index (χ3v) is 2.99. The van der Waals surface area contributed by atoms with Gasteiger partial charge < -0.3 is 5.73 Å². The van der Waals surface area contributed by atoms with Crippen molar-refractivity contribution < 1.29 is 8.78 Å². The standard InChI is InChI=1S/C11H13F2N/c12-11(13)10-5-4-9(10)7-2-1-3-8(14)6-7/h1-3,6,9-11H,4-5,14H2. The molecule has 0 saturated heterocycles. The minimum Gasteiger partial charge on any atom is -0.399 e. The molecule has 2 unspecified atom stereocenters. The molecule has 14 heavy (non-hydrogen) atoms. The summed E-state index contributed by atoms with van der Waals surface area (Å²) in [6, 6.07) is 7.29. The molecule has 1 aromatic rings. The van der Waals surface area contributed by atoms with Crippen LogP contribution in [-0.4, -0.2) is 6.43 Å². The van der Waals surface area contributed by atoms with Crippen molar-refractivity contribution in [3.8, 4) is 0 Å². The smallest absolute Gasteiger partial charge is 0.242 e. The van der Waals surface area contributed by atoms with Crippen LogP contribution in [-0.2, 0) is 0 Å².